The average Bonchev–Trinajstić information content (AvgIpc) is 3.35. The maximum Gasteiger partial charge on any atom is 0.177 e. The largest absolute Gasteiger partial charge is 0.378 e. The molecule has 0 N–H and O–H groups in total. The predicted molar refractivity (Wildman–Crippen MR) is 122 cm³/mol. The van der Waals surface area contributed by atoms with Crippen molar-refractivity contribution < 1.29 is 9.13 Å². The molecule has 3 aromatic heterocycles. The van der Waals surface area contributed by atoms with E-state index in [-0.39, 0.29) is 5.82 Å². The summed E-state index contributed by atoms with van der Waals surface area (Å²) in [6.07, 6.45) is 6.92. The number of ether oxygens (including phenoxy) is 1. The minimum Gasteiger partial charge on any atom is -0.378 e. The molecule has 5 aromatic rings. The fourth-order valence-electron chi connectivity index (χ4n) is 4.27. The first kappa shape index (κ1) is 19.7. The van der Waals surface area contributed by atoms with E-state index >= 15 is 0 Å². The van der Waals surface area contributed by atoms with Gasteiger partial charge in [0.1, 0.15) is 18.5 Å². The summed E-state index contributed by atoms with van der Waals surface area (Å²) in [6.45, 7) is 3.10. The van der Waals surface area contributed by atoms with Crippen molar-refractivity contribution in [3.8, 4) is 11.3 Å². The predicted octanol–water partition coefficient (Wildman–Crippen LogP) is 3.30. The van der Waals surface area contributed by atoms with E-state index in [0.29, 0.717) is 36.5 Å². The number of nitrogens with zero attached hydrogens (tertiary/aromatic N) is 7. The third-order valence-electron chi connectivity index (χ3n) is 5.92. The Bertz CT molecular complexity index is 1460. The van der Waals surface area contributed by atoms with Crippen LogP contribution in [0.2, 0.25) is 0 Å². The van der Waals surface area contributed by atoms with Crippen molar-refractivity contribution >= 4 is 22.2 Å². The van der Waals surface area contributed by atoms with E-state index in [1.165, 1.54) is 18.7 Å². The maximum absolute atomic E-state index is 15.0. The van der Waals surface area contributed by atoms with Gasteiger partial charge in [-0.25, -0.2) is 23.9 Å². The van der Waals surface area contributed by atoms with Gasteiger partial charge in [-0.05, 0) is 35.9 Å². The van der Waals surface area contributed by atoms with E-state index in [2.05, 4.69) is 29.9 Å². The summed E-state index contributed by atoms with van der Waals surface area (Å²) in [6, 6.07) is 11.1. The first-order chi connectivity index (χ1) is 16.3. The number of rotatable bonds is 4. The Morgan fingerprint density at radius 3 is 2.76 bits per heavy atom. The molecule has 0 unspecified atom stereocenters. The van der Waals surface area contributed by atoms with Crippen LogP contribution in [-0.4, -0.2) is 55.9 Å². The summed E-state index contributed by atoms with van der Waals surface area (Å²) < 4.78 is 22.1. The number of aromatic nitrogens is 6. The van der Waals surface area contributed by atoms with Crippen LogP contribution in [0, 0.1) is 5.82 Å². The Balaban J connectivity index is 1.39. The Labute approximate surface area is 188 Å². The molecule has 9 heteroatoms. The molecule has 0 radical (unpaired) electrons. The smallest absolute Gasteiger partial charge is 0.177 e. The first-order valence-electron chi connectivity index (χ1n) is 10.8. The highest BCUT2D eigenvalue weighted by atomic mass is 19.1. The molecule has 0 amide bonds. The molecule has 1 saturated heterocycles. The number of anilines is 1. The molecule has 0 spiro atoms. The second-order valence-corrected chi connectivity index (χ2v) is 7.92. The lowest BCUT2D eigenvalue weighted by molar-refractivity contribution is 0.122. The minimum absolute atomic E-state index is 0.329. The van der Waals surface area contributed by atoms with Gasteiger partial charge in [0, 0.05) is 48.5 Å². The summed E-state index contributed by atoms with van der Waals surface area (Å²) in [4.78, 5) is 19.9. The minimum atomic E-state index is -0.329. The number of fused-ring (bicyclic) bond motifs is 2. The third kappa shape index (κ3) is 3.66. The Morgan fingerprint density at radius 2 is 1.85 bits per heavy atom. The van der Waals surface area contributed by atoms with Crippen LogP contribution in [-0.2, 0) is 11.2 Å². The van der Waals surface area contributed by atoms with Crippen LogP contribution in [0.1, 0.15) is 11.3 Å². The molecule has 164 valence electrons. The van der Waals surface area contributed by atoms with Gasteiger partial charge in [-0.2, -0.15) is 5.10 Å². The molecule has 33 heavy (non-hydrogen) atoms. The normalized spacial score (nSPS) is 14.3. The number of morpholine rings is 1. The molecule has 6 rings (SSSR count). The van der Waals surface area contributed by atoms with E-state index in [4.69, 9.17) is 4.74 Å². The summed E-state index contributed by atoms with van der Waals surface area (Å²) in [5.74, 6) is -0.329. The van der Waals surface area contributed by atoms with Crippen molar-refractivity contribution in [2.75, 3.05) is 31.2 Å². The zero-order chi connectivity index (χ0) is 22.2. The molecule has 0 atom stereocenters. The number of halogens is 1. The van der Waals surface area contributed by atoms with E-state index in [1.807, 2.05) is 24.3 Å². The van der Waals surface area contributed by atoms with Crippen molar-refractivity contribution in [1.29, 1.82) is 0 Å². The van der Waals surface area contributed by atoms with Gasteiger partial charge in [0.25, 0.3) is 0 Å². The fourth-order valence-corrected chi connectivity index (χ4v) is 4.27. The average molecular weight is 441 g/mol. The SMILES string of the molecule is Fc1ccc(Cc2nccn3ncnc23)cc1-c1ncnc2cc(N3CCOCC3)ccc12. The van der Waals surface area contributed by atoms with Gasteiger partial charge >= 0.3 is 0 Å². The Morgan fingerprint density at radius 1 is 0.939 bits per heavy atom. The van der Waals surface area contributed by atoms with Gasteiger partial charge in [0.05, 0.1) is 30.1 Å². The van der Waals surface area contributed by atoms with E-state index < -0.39 is 0 Å². The standard InChI is InChI=1S/C24H20FN7O/c25-20-4-1-16(12-22-24-29-15-30-32(24)6-5-26-22)11-19(20)23-18-3-2-17(13-21(18)27-14-28-23)31-7-9-33-10-8-31/h1-6,11,13-15H,7-10,12H2. The maximum atomic E-state index is 15.0. The summed E-state index contributed by atoms with van der Waals surface area (Å²) in [7, 11) is 0. The Kier molecular flexibility index (Phi) is 4.88. The molecule has 0 bridgehead atoms. The van der Waals surface area contributed by atoms with E-state index in [0.717, 1.165) is 40.9 Å². The molecular weight excluding hydrogens is 421 g/mol. The number of benzene rings is 2. The van der Waals surface area contributed by atoms with Crippen molar-refractivity contribution in [2.45, 2.75) is 6.42 Å². The first-order valence-corrected chi connectivity index (χ1v) is 10.8. The van der Waals surface area contributed by atoms with Gasteiger partial charge in [-0.3, -0.25) is 4.98 Å². The third-order valence-corrected chi connectivity index (χ3v) is 5.92. The lowest BCUT2D eigenvalue weighted by Crippen LogP contribution is -2.36. The number of hydrogen-bond acceptors (Lipinski definition) is 7. The summed E-state index contributed by atoms with van der Waals surface area (Å²) in [5, 5.41) is 4.96. The zero-order valence-corrected chi connectivity index (χ0v) is 17.7. The van der Waals surface area contributed by atoms with Gasteiger partial charge in [0.2, 0.25) is 0 Å². The van der Waals surface area contributed by atoms with Crippen LogP contribution < -0.4 is 4.90 Å². The molecule has 0 aliphatic carbocycles. The molecule has 1 aliphatic heterocycles. The lowest BCUT2D eigenvalue weighted by Gasteiger charge is -2.29. The molecule has 1 fully saturated rings. The molecule has 0 saturated carbocycles. The highest BCUT2D eigenvalue weighted by molar-refractivity contribution is 5.94. The molecule has 8 nitrogen and oxygen atoms in total. The topological polar surface area (TPSA) is 81.3 Å². The molecule has 2 aromatic carbocycles. The van der Waals surface area contributed by atoms with Crippen molar-refractivity contribution in [3.05, 3.63) is 78.5 Å². The molecule has 1 aliphatic rings. The van der Waals surface area contributed by atoms with Crippen LogP contribution >= 0.6 is 0 Å². The van der Waals surface area contributed by atoms with Gasteiger partial charge in [-0.1, -0.05) is 6.07 Å². The van der Waals surface area contributed by atoms with Crippen LogP contribution in [0.25, 0.3) is 27.8 Å². The molecule has 4 heterocycles. The van der Waals surface area contributed by atoms with Gasteiger partial charge in [-0.15, -0.1) is 0 Å². The van der Waals surface area contributed by atoms with Crippen LogP contribution in [0.3, 0.4) is 0 Å². The fraction of sp³-hybridized carbons (Fsp3) is 0.208. The van der Waals surface area contributed by atoms with Crippen molar-refractivity contribution in [2.24, 2.45) is 0 Å². The van der Waals surface area contributed by atoms with Crippen LogP contribution in [0.4, 0.5) is 10.1 Å². The van der Waals surface area contributed by atoms with Crippen molar-refractivity contribution in [1.82, 2.24) is 29.5 Å². The summed E-state index contributed by atoms with van der Waals surface area (Å²) >= 11 is 0. The van der Waals surface area contributed by atoms with E-state index in [9.17, 15) is 4.39 Å². The second kappa shape index (κ2) is 8.18. The Hall–Kier alpha value is -3.98. The van der Waals surface area contributed by atoms with E-state index in [1.54, 1.807) is 23.0 Å². The van der Waals surface area contributed by atoms with Gasteiger partial charge in [0.15, 0.2) is 5.65 Å². The molecular formula is C24H20FN7O. The van der Waals surface area contributed by atoms with Gasteiger partial charge < -0.3 is 9.64 Å². The van der Waals surface area contributed by atoms with Crippen molar-refractivity contribution in [3.63, 3.8) is 0 Å². The van der Waals surface area contributed by atoms with Crippen LogP contribution in [0.5, 0.6) is 0 Å². The second-order valence-electron chi connectivity index (χ2n) is 7.92. The van der Waals surface area contributed by atoms with Crippen LogP contribution in [0.15, 0.2) is 61.4 Å². The highest BCUT2D eigenvalue weighted by Crippen LogP contribution is 2.31. The zero-order valence-electron chi connectivity index (χ0n) is 17.7. The quantitative estimate of drug-likeness (QED) is 0.423. The highest BCUT2D eigenvalue weighted by Gasteiger charge is 2.16. The monoisotopic (exact) mass is 441 g/mol. The summed E-state index contributed by atoms with van der Waals surface area (Å²) in [5.41, 5.74) is 5.24. The number of hydrogen-bond donors (Lipinski definition) is 0. The lowest BCUT2D eigenvalue weighted by atomic mass is 10.0.